The Morgan fingerprint density at radius 2 is 1.87 bits per heavy atom. The van der Waals surface area contributed by atoms with Gasteiger partial charge in [-0.1, -0.05) is 42.5 Å². The molecular weight excluding hydrogens is 288 g/mol. The van der Waals surface area contributed by atoms with Crippen molar-refractivity contribution in [1.82, 2.24) is 9.55 Å². The maximum Gasteiger partial charge on any atom is 0.275 e. The van der Waals surface area contributed by atoms with Gasteiger partial charge in [-0.3, -0.25) is 4.79 Å². The van der Waals surface area contributed by atoms with E-state index < -0.39 is 0 Å². The molecule has 116 valence electrons. The Labute approximate surface area is 134 Å². The molecule has 0 saturated carbocycles. The van der Waals surface area contributed by atoms with E-state index in [4.69, 9.17) is 4.74 Å². The zero-order valence-corrected chi connectivity index (χ0v) is 12.8. The molecule has 0 radical (unpaired) electrons. The average molecular weight is 306 g/mol. The van der Waals surface area contributed by atoms with Gasteiger partial charge in [-0.15, -0.1) is 0 Å². The van der Waals surface area contributed by atoms with Crippen molar-refractivity contribution in [3.63, 3.8) is 0 Å². The summed E-state index contributed by atoms with van der Waals surface area (Å²) in [7, 11) is 0. The topological polar surface area (TPSA) is 44.1 Å². The number of aromatic nitrogens is 2. The Morgan fingerprint density at radius 3 is 2.65 bits per heavy atom. The minimum absolute atomic E-state index is 0.0422. The maximum atomic E-state index is 13.0. The fraction of sp³-hybridized carbons (Fsp3) is 0.263. The predicted octanol–water partition coefficient (Wildman–Crippen LogP) is 3.30. The highest BCUT2D eigenvalue weighted by molar-refractivity contribution is 5.74. The second-order valence-corrected chi connectivity index (χ2v) is 5.86. The highest BCUT2D eigenvalue weighted by Gasteiger charge is 2.24. The Morgan fingerprint density at radius 1 is 1.09 bits per heavy atom. The van der Waals surface area contributed by atoms with Crippen molar-refractivity contribution in [2.45, 2.75) is 25.5 Å². The number of hydrogen-bond donors (Lipinski definition) is 0. The molecule has 0 N–H and O–H groups in total. The number of benzene rings is 2. The summed E-state index contributed by atoms with van der Waals surface area (Å²) in [5.74, 6) is 0. The van der Waals surface area contributed by atoms with Gasteiger partial charge in [0.05, 0.1) is 17.6 Å². The van der Waals surface area contributed by atoms with E-state index in [9.17, 15) is 4.79 Å². The maximum absolute atomic E-state index is 13.0. The smallest absolute Gasteiger partial charge is 0.275 e. The third-order valence-electron chi connectivity index (χ3n) is 4.30. The molecule has 0 amide bonds. The quantitative estimate of drug-likeness (QED) is 0.746. The number of fused-ring (bicyclic) bond motifs is 1. The third-order valence-corrected chi connectivity index (χ3v) is 4.30. The Balaban J connectivity index is 1.89. The Hall–Kier alpha value is -2.46. The van der Waals surface area contributed by atoms with Gasteiger partial charge < -0.3 is 9.30 Å². The van der Waals surface area contributed by atoms with Crippen molar-refractivity contribution in [3.8, 4) is 0 Å². The molecule has 0 aliphatic carbocycles. The summed E-state index contributed by atoms with van der Waals surface area (Å²) in [6.07, 6.45) is 1.68. The van der Waals surface area contributed by atoms with E-state index in [0.717, 1.165) is 29.4 Å². The third kappa shape index (κ3) is 2.66. The minimum Gasteiger partial charge on any atom is -0.372 e. The number of hydrogen-bond acceptors (Lipinski definition) is 3. The number of rotatable bonds is 3. The first kappa shape index (κ1) is 14.2. The van der Waals surface area contributed by atoms with E-state index in [1.165, 1.54) is 0 Å². The van der Waals surface area contributed by atoms with Crippen LogP contribution in [0, 0.1) is 0 Å². The van der Waals surface area contributed by atoms with Crippen LogP contribution in [0.25, 0.3) is 11.0 Å². The summed E-state index contributed by atoms with van der Waals surface area (Å²) in [6, 6.07) is 17.8. The van der Waals surface area contributed by atoms with Crippen LogP contribution >= 0.6 is 0 Å². The number of para-hydroxylation sites is 2. The lowest BCUT2D eigenvalue weighted by Gasteiger charge is -2.15. The van der Waals surface area contributed by atoms with Crippen LogP contribution in [0.15, 0.2) is 59.4 Å². The normalized spacial score (nSPS) is 17.7. The number of nitrogens with zero attached hydrogens (tertiary/aromatic N) is 2. The van der Waals surface area contributed by atoms with Crippen LogP contribution in [0.3, 0.4) is 0 Å². The summed E-state index contributed by atoms with van der Waals surface area (Å²) < 4.78 is 7.51. The van der Waals surface area contributed by atoms with Crippen LogP contribution in [0.2, 0.25) is 0 Å². The Kier molecular flexibility index (Phi) is 3.67. The standard InChI is InChI=1S/C19H18N2O2/c22-19-18(17-11-6-12-23-17)20-15-9-4-5-10-16(15)21(19)13-14-7-2-1-3-8-14/h1-5,7-10,17H,6,11-13H2. The molecule has 1 saturated heterocycles. The van der Waals surface area contributed by atoms with Crippen molar-refractivity contribution in [3.05, 3.63) is 76.2 Å². The molecule has 1 fully saturated rings. The number of ether oxygens (including phenoxy) is 1. The molecule has 2 heterocycles. The molecule has 2 aromatic carbocycles. The second kappa shape index (κ2) is 5.97. The van der Waals surface area contributed by atoms with Gasteiger partial charge in [-0.05, 0) is 30.5 Å². The fourth-order valence-corrected chi connectivity index (χ4v) is 3.14. The van der Waals surface area contributed by atoms with E-state index in [-0.39, 0.29) is 11.7 Å². The van der Waals surface area contributed by atoms with E-state index in [1.54, 1.807) is 0 Å². The molecule has 1 unspecified atom stereocenters. The monoisotopic (exact) mass is 306 g/mol. The molecule has 1 aromatic heterocycles. The van der Waals surface area contributed by atoms with Crippen molar-refractivity contribution in [1.29, 1.82) is 0 Å². The molecule has 0 spiro atoms. The summed E-state index contributed by atoms with van der Waals surface area (Å²) >= 11 is 0. The van der Waals surface area contributed by atoms with E-state index in [0.29, 0.717) is 18.8 Å². The van der Waals surface area contributed by atoms with Gasteiger partial charge in [0.2, 0.25) is 0 Å². The molecule has 0 bridgehead atoms. The van der Waals surface area contributed by atoms with Crippen molar-refractivity contribution >= 4 is 11.0 Å². The largest absolute Gasteiger partial charge is 0.372 e. The van der Waals surface area contributed by atoms with Crippen LogP contribution in [0.1, 0.15) is 30.2 Å². The van der Waals surface area contributed by atoms with Gasteiger partial charge in [0.25, 0.3) is 5.56 Å². The lowest BCUT2D eigenvalue weighted by atomic mass is 10.1. The van der Waals surface area contributed by atoms with Gasteiger partial charge in [-0.2, -0.15) is 0 Å². The molecule has 1 aliphatic heterocycles. The van der Waals surface area contributed by atoms with Crippen molar-refractivity contribution in [2.75, 3.05) is 6.61 Å². The Bertz CT molecular complexity index is 881. The molecule has 1 atom stereocenters. The SMILES string of the molecule is O=c1c(C2CCCO2)nc2ccccc2n1Cc1ccccc1. The lowest BCUT2D eigenvalue weighted by Crippen LogP contribution is -2.28. The van der Waals surface area contributed by atoms with Crippen LogP contribution in [-0.2, 0) is 11.3 Å². The highest BCUT2D eigenvalue weighted by atomic mass is 16.5. The first-order chi connectivity index (χ1) is 11.3. The summed E-state index contributed by atoms with van der Waals surface area (Å²) in [5.41, 5.74) is 3.30. The molecule has 1 aliphatic rings. The van der Waals surface area contributed by atoms with Crippen LogP contribution < -0.4 is 5.56 Å². The second-order valence-electron chi connectivity index (χ2n) is 5.86. The van der Waals surface area contributed by atoms with Gasteiger partial charge in [0.1, 0.15) is 11.8 Å². The molecule has 23 heavy (non-hydrogen) atoms. The van der Waals surface area contributed by atoms with E-state index in [2.05, 4.69) is 4.98 Å². The van der Waals surface area contributed by atoms with Crippen molar-refractivity contribution in [2.24, 2.45) is 0 Å². The van der Waals surface area contributed by atoms with Crippen LogP contribution in [-0.4, -0.2) is 16.2 Å². The van der Waals surface area contributed by atoms with Crippen LogP contribution in [0.5, 0.6) is 0 Å². The van der Waals surface area contributed by atoms with Crippen molar-refractivity contribution < 1.29 is 4.74 Å². The van der Waals surface area contributed by atoms with Gasteiger partial charge >= 0.3 is 0 Å². The first-order valence-corrected chi connectivity index (χ1v) is 7.98. The molecule has 4 nitrogen and oxygen atoms in total. The summed E-state index contributed by atoms with van der Waals surface area (Å²) in [5, 5.41) is 0. The highest BCUT2D eigenvalue weighted by Crippen LogP contribution is 2.26. The molecule has 4 heteroatoms. The zero-order valence-electron chi connectivity index (χ0n) is 12.8. The zero-order chi connectivity index (χ0) is 15.6. The molecule has 3 aromatic rings. The summed E-state index contributed by atoms with van der Waals surface area (Å²) in [4.78, 5) is 17.6. The first-order valence-electron chi connectivity index (χ1n) is 7.98. The van der Waals surface area contributed by atoms with Gasteiger partial charge in [0, 0.05) is 6.61 Å². The predicted molar refractivity (Wildman–Crippen MR) is 89.5 cm³/mol. The fourth-order valence-electron chi connectivity index (χ4n) is 3.14. The molecule has 4 rings (SSSR count). The lowest BCUT2D eigenvalue weighted by molar-refractivity contribution is 0.107. The van der Waals surface area contributed by atoms with Crippen LogP contribution in [0.4, 0.5) is 0 Å². The van der Waals surface area contributed by atoms with Gasteiger partial charge in [-0.25, -0.2) is 4.98 Å². The van der Waals surface area contributed by atoms with E-state index >= 15 is 0 Å². The minimum atomic E-state index is -0.172. The van der Waals surface area contributed by atoms with E-state index in [1.807, 2.05) is 59.2 Å². The van der Waals surface area contributed by atoms with Gasteiger partial charge in [0.15, 0.2) is 0 Å². The molecular formula is C19H18N2O2. The average Bonchev–Trinajstić information content (AvgIpc) is 3.12. The summed E-state index contributed by atoms with van der Waals surface area (Å²) in [6.45, 7) is 1.25.